The molecular formula is C16H21N3O2S. The first-order valence-corrected chi connectivity index (χ1v) is 9.26. The molecule has 0 bridgehead atoms. The van der Waals surface area contributed by atoms with Crippen LogP contribution in [-0.2, 0) is 10.0 Å². The predicted octanol–water partition coefficient (Wildman–Crippen LogP) is 2.87. The lowest BCUT2D eigenvalue weighted by Crippen LogP contribution is -2.34. The highest BCUT2D eigenvalue weighted by Crippen LogP contribution is 2.20. The summed E-state index contributed by atoms with van der Waals surface area (Å²) in [5.41, 5.74) is 0.846. The SMILES string of the molecule is O=S(=O)(NC1CCCCCC1)c1cnn(-c2ccccc2)c1. The molecule has 3 rings (SSSR count). The van der Waals surface area contributed by atoms with Gasteiger partial charge in [0.05, 0.1) is 18.1 Å². The molecule has 0 saturated heterocycles. The van der Waals surface area contributed by atoms with E-state index in [2.05, 4.69) is 9.82 Å². The molecule has 1 aliphatic rings. The zero-order valence-electron chi connectivity index (χ0n) is 12.5. The zero-order chi connectivity index (χ0) is 15.4. The predicted molar refractivity (Wildman–Crippen MR) is 85.4 cm³/mol. The fourth-order valence-electron chi connectivity index (χ4n) is 2.85. The van der Waals surface area contributed by atoms with Crippen LogP contribution in [0.2, 0.25) is 0 Å². The highest BCUT2D eigenvalue weighted by molar-refractivity contribution is 7.89. The minimum absolute atomic E-state index is 0.0487. The Balaban J connectivity index is 1.76. The Morgan fingerprint density at radius 3 is 2.41 bits per heavy atom. The van der Waals surface area contributed by atoms with E-state index in [4.69, 9.17) is 0 Å². The van der Waals surface area contributed by atoms with Crippen LogP contribution in [0, 0.1) is 0 Å². The second-order valence-corrected chi connectivity index (χ2v) is 7.48. The van der Waals surface area contributed by atoms with Crippen LogP contribution < -0.4 is 4.72 Å². The summed E-state index contributed by atoms with van der Waals surface area (Å²) in [6.45, 7) is 0. The van der Waals surface area contributed by atoms with Gasteiger partial charge < -0.3 is 0 Å². The largest absolute Gasteiger partial charge is 0.243 e. The molecule has 0 radical (unpaired) electrons. The number of nitrogens with one attached hydrogen (secondary N) is 1. The van der Waals surface area contributed by atoms with Crippen LogP contribution >= 0.6 is 0 Å². The molecule has 0 amide bonds. The second-order valence-electron chi connectivity index (χ2n) is 5.77. The molecule has 0 spiro atoms. The monoisotopic (exact) mass is 319 g/mol. The minimum atomic E-state index is -3.50. The van der Waals surface area contributed by atoms with Crippen molar-refractivity contribution in [3.63, 3.8) is 0 Å². The summed E-state index contributed by atoms with van der Waals surface area (Å²) >= 11 is 0. The number of benzene rings is 1. The van der Waals surface area contributed by atoms with E-state index in [9.17, 15) is 8.42 Å². The fourth-order valence-corrected chi connectivity index (χ4v) is 4.09. The van der Waals surface area contributed by atoms with Crippen molar-refractivity contribution in [2.24, 2.45) is 0 Å². The molecule has 1 aromatic heterocycles. The van der Waals surface area contributed by atoms with Gasteiger partial charge in [-0.1, -0.05) is 43.9 Å². The zero-order valence-corrected chi connectivity index (χ0v) is 13.3. The Labute approximate surface area is 131 Å². The van der Waals surface area contributed by atoms with Crippen LogP contribution in [0.4, 0.5) is 0 Å². The molecule has 22 heavy (non-hydrogen) atoms. The number of hydrogen-bond acceptors (Lipinski definition) is 3. The maximum absolute atomic E-state index is 12.5. The summed E-state index contributed by atoms with van der Waals surface area (Å²) in [5, 5.41) is 4.16. The molecule has 1 aliphatic carbocycles. The standard InChI is InChI=1S/C16H21N3O2S/c20-22(21,18-14-8-4-1-2-5-9-14)16-12-17-19(13-16)15-10-6-3-7-11-15/h3,6-7,10-14,18H,1-2,4-5,8-9H2. The Hall–Kier alpha value is -1.66. The lowest BCUT2D eigenvalue weighted by molar-refractivity contribution is 0.510. The van der Waals surface area contributed by atoms with Crippen LogP contribution in [0.5, 0.6) is 0 Å². The van der Waals surface area contributed by atoms with Crippen molar-refractivity contribution in [1.82, 2.24) is 14.5 Å². The molecule has 1 heterocycles. The van der Waals surface area contributed by atoms with E-state index in [0.29, 0.717) is 0 Å². The van der Waals surface area contributed by atoms with Gasteiger partial charge in [0.15, 0.2) is 0 Å². The summed E-state index contributed by atoms with van der Waals surface area (Å²) in [6.07, 6.45) is 9.40. The van der Waals surface area contributed by atoms with Gasteiger partial charge in [0.1, 0.15) is 4.90 Å². The summed E-state index contributed by atoms with van der Waals surface area (Å²) in [5.74, 6) is 0. The number of aromatic nitrogens is 2. The van der Waals surface area contributed by atoms with Crippen LogP contribution in [0.3, 0.4) is 0 Å². The van der Waals surface area contributed by atoms with Gasteiger partial charge in [0.2, 0.25) is 10.0 Å². The minimum Gasteiger partial charge on any atom is -0.240 e. The van der Waals surface area contributed by atoms with E-state index in [0.717, 1.165) is 31.4 Å². The van der Waals surface area contributed by atoms with Crippen molar-refractivity contribution in [2.75, 3.05) is 0 Å². The van der Waals surface area contributed by atoms with Crippen molar-refractivity contribution < 1.29 is 8.42 Å². The highest BCUT2D eigenvalue weighted by Gasteiger charge is 2.22. The summed E-state index contributed by atoms with van der Waals surface area (Å²) in [4.78, 5) is 0.223. The quantitative estimate of drug-likeness (QED) is 0.881. The Morgan fingerprint density at radius 1 is 1.05 bits per heavy atom. The molecule has 0 aliphatic heterocycles. The molecule has 1 N–H and O–H groups in total. The third-order valence-corrected chi connectivity index (χ3v) is 5.54. The van der Waals surface area contributed by atoms with Crippen molar-refractivity contribution in [3.8, 4) is 5.69 Å². The van der Waals surface area contributed by atoms with Gasteiger partial charge in [-0.25, -0.2) is 17.8 Å². The van der Waals surface area contributed by atoms with E-state index < -0.39 is 10.0 Å². The van der Waals surface area contributed by atoms with Crippen LogP contribution in [0.25, 0.3) is 5.69 Å². The normalized spacial score (nSPS) is 17.3. The molecule has 0 unspecified atom stereocenters. The molecule has 2 aromatic rings. The lowest BCUT2D eigenvalue weighted by Gasteiger charge is -2.15. The van der Waals surface area contributed by atoms with Gasteiger partial charge in [-0.2, -0.15) is 5.10 Å². The summed E-state index contributed by atoms with van der Waals surface area (Å²) in [6, 6.07) is 9.54. The first-order chi connectivity index (χ1) is 10.6. The molecule has 0 atom stereocenters. The van der Waals surface area contributed by atoms with E-state index in [1.807, 2.05) is 30.3 Å². The Bertz CT molecular complexity index is 702. The lowest BCUT2D eigenvalue weighted by atomic mass is 10.1. The van der Waals surface area contributed by atoms with E-state index in [1.54, 1.807) is 10.9 Å². The van der Waals surface area contributed by atoms with Crippen molar-refractivity contribution in [1.29, 1.82) is 0 Å². The number of sulfonamides is 1. The number of hydrogen-bond donors (Lipinski definition) is 1. The van der Waals surface area contributed by atoms with Crippen molar-refractivity contribution in [3.05, 3.63) is 42.7 Å². The topological polar surface area (TPSA) is 64.0 Å². The van der Waals surface area contributed by atoms with Crippen LogP contribution in [0.15, 0.2) is 47.6 Å². The molecular weight excluding hydrogens is 298 g/mol. The average molecular weight is 319 g/mol. The van der Waals surface area contributed by atoms with Gasteiger partial charge >= 0.3 is 0 Å². The van der Waals surface area contributed by atoms with Gasteiger partial charge in [0, 0.05) is 6.04 Å². The second kappa shape index (κ2) is 6.62. The van der Waals surface area contributed by atoms with Crippen molar-refractivity contribution in [2.45, 2.75) is 49.5 Å². The molecule has 1 aromatic carbocycles. The fraction of sp³-hybridized carbons (Fsp3) is 0.438. The van der Waals surface area contributed by atoms with Crippen LogP contribution in [0.1, 0.15) is 38.5 Å². The average Bonchev–Trinajstić information content (AvgIpc) is 2.90. The van der Waals surface area contributed by atoms with E-state index >= 15 is 0 Å². The third-order valence-electron chi connectivity index (χ3n) is 4.07. The van der Waals surface area contributed by atoms with E-state index in [-0.39, 0.29) is 10.9 Å². The Morgan fingerprint density at radius 2 is 1.73 bits per heavy atom. The number of para-hydroxylation sites is 1. The maximum Gasteiger partial charge on any atom is 0.243 e. The molecule has 5 nitrogen and oxygen atoms in total. The smallest absolute Gasteiger partial charge is 0.240 e. The molecule has 1 saturated carbocycles. The van der Waals surface area contributed by atoms with Gasteiger partial charge in [-0.3, -0.25) is 0 Å². The molecule has 1 fully saturated rings. The number of nitrogens with zero attached hydrogens (tertiary/aromatic N) is 2. The third kappa shape index (κ3) is 3.56. The summed E-state index contributed by atoms with van der Waals surface area (Å²) < 4.78 is 29.4. The van der Waals surface area contributed by atoms with Gasteiger partial charge in [-0.05, 0) is 25.0 Å². The molecule has 6 heteroatoms. The molecule has 118 valence electrons. The summed E-state index contributed by atoms with van der Waals surface area (Å²) in [7, 11) is -3.50. The maximum atomic E-state index is 12.5. The first-order valence-electron chi connectivity index (χ1n) is 7.77. The highest BCUT2D eigenvalue weighted by atomic mass is 32.2. The van der Waals surface area contributed by atoms with Gasteiger partial charge in [-0.15, -0.1) is 0 Å². The van der Waals surface area contributed by atoms with Crippen molar-refractivity contribution >= 4 is 10.0 Å². The number of rotatable bonds is 4. The van der Waals surface area contributed by atoms with E-state index in [1.165, 1.54) is 19.0 Å². The first kappa shape index (κ1) is 15.2. The van der Waals surface area contributed by atoms with Gasteiger partial charge in [0.25, 0.3) is 0 Å². The Kier molecular flexibility index (Phi) is 4.59. The van der Waals surface area contributed by atoms with Crippen LogP contribution in [-0.4, -0.2) is 24.2 Å².